The molecule has 1 nitrogen and oxygen atoms in total. The van der Waals surface area contributed by atoms with Crippen molar-refractivity contribution in [3.63, 3.8) is 0 Å². The van der Waals surface area contributed by atoms with Crippen LogP contribution in [0.25, 0.3) is 259 Å². The zero-order valence-corrected chi connectivity index (χ0v) is 75.4. The van der Waals surface area contributed by atoms with Crippen LogP contribution in [0, 0.1) is 0 Å². The number of benzene rings is 23. The van der Waals surface area contributed by atoms with Crippen LogP contribution in [0.5, 0.6) is 0 Å². The summed E-state index contributed by atoms with van der Waals surface area (Å²) in [6.07, 6.45) is 0. The summed E-state index contributed by atoms with van der Waals surface area (Å²) in [6.45, 7) is 9.43. The third kappa shape index (κ3) is 12.3. The fourth-order valence-corrected chi connectivity index (χ4v) is 23.8. The van der Waals surface area contributed by atoms with E-state index in [4.69, 9.17) is 0 Å². The Bertz CT molecular complexity index is 8980. The van der Waals surface area contributed by atoms with Gasteiger partial charge in [-0.1, -0.05) is 410 Å². The Balaban J connectivity index is 0.000000107. The number of aromatic nitrogens is 1. The fourth-order valence-electron chi connectivity index (χ4n) is 23.8. The molecule has 630 valence electrons. The van der Waals surface area contributed by atoms with Crippen molar-refractivity contribution in [3.05, 3.63) is 489 Å². The van der Waals surface area contributed by atoms with E-state index in [2.05, 4.69) is 499 Å². The fraction of sp³-hybridized carbons (Fsp3) is 0.0448. The molecule has 29 rings (SSSR count). The van der Waals surface area contributed by atoms with Crippen LogP contribution in [0.4, 0.5) is 0 Å². The van der Waals surface area contributed by atoms with Crippen molar-refractivity contribution < 1.29 is 0 Å². The molecule has 24 aromatic rings. The van der Waals surface area contributed by atoms with Gasteiger partial charge >= 0.3 is 0 Å². The highest BCUT2D eigenvalue weighted by Gasteiger charge is 2.38. The standard InChI is InChI=1S/C58H42.C42H26.C34H21N/c1-57(2)52-20-7-5-16-44(52)46-26-23-39(33-54(46)57)36-13-9-12-35(30-36)38-22-25-43-49-19-11-18-48-42(28-29-50(56(48)49)51(43)32-38)41-15-10-14-37(31-41)40-24-27-47-45-17-6-8-21-53(45)58(3,4)55(47)34-40;1-3-10-29-22-31(18-16-27(29)8-1)33-24-34(32-19-17-28-9-2-4-11-30(28)23-32)26-35(25-33)36-20-21-41-38-13-6-5-12-37(38)40-15-7-14-39(36)42(40)41;1-2-12-26-25(11-1)30-16-8-15-29-24(19-20-31(26)34(29)30)22-9-7-10-23(21-22)35-32-17-5-3-13-27(32)28-14-4-6-18-33(28)35/h5-34H,1-4H3;1-26H;1-21H. The highest BCUT2D eigenvalue weighted by atomic mass is 15.0. The van der Waals surface area contributed by atoms with Crippen molar-refractivity contribution in [1.29, 1.82) is 0 Å². The molecule has 0 fully saturated rings. The summed E-state index contributed by atoms with van der Waals surface area (Å²) in [5.41, 5.74) is 50.6. The maximum absolute atomic E-state index is 2.43. The predicted octanol–water partition coefficient (Wildman–Crippen LogP) is 36.8. The topological polar surface area (TPSA) is 4.93 Å². The first-order chi connectivity index (χ1) is 66.4. The molecule has 5 aliphatic rings. The number of hydrogen-bond donors (Lipinski definition) is 0. The molecule has 1 aromatic heterocycles. The number of para-hydroxylation sites is 2. The first-order valence-corrected chi connectivity index (χ1v) is 47.4. The molecule has 0 bridgehead atoms. The Labute approximate surface area is 786 Å². The van der Waals surface area contributed by atoms with E-state index in [1.165, 1.54) is 282 Å². The van der Waals surface area contributed by atoms with Gasteiger partial charge in [0.05, 0.1) is 11.0 Å². The van der Waals surface area contributed by atoms with Gasteiger partial charge in [0.25, 0.3) is 0 Å². The van der Waals surface area contributed by atoms with Crippen molar-refractivity contribution in [2.75, 3.05) is 0 Å². The van der Waals surface area contributed by atoms with Crippen LogP contribution in [-0.2, 0) is 10.8 Å². The molecule has 0 radical (unpaired) electrons. The highest BCUT2D eigenvalue weighted by Crippen LogP contribution is 2.57. The van der Waals surface area contributed by atoms with Crippen LogP contribution < -0.4 is 0 Å². The minimum atomic E-state index is -0.0257. The van der Waals surface area contributed by atoms with E-state index < -0.39 is 0 Å². The summed E-state index contributed by atoms with van der Waals surface area (Å²) in [6, 6.07) is 173. The lowest BCUT2D eigenvalue weighted by Crippen LogP contribution is -2.14. The van der Waals surface area contributed by atoms with Crippen molar-refractivity contribution in [1.82, 2.24) is 4.57 Å². The second kappa shape index (κ2) is 30.4. The maximum atomic E-state index is 2.43. The quantitative estimate of drug-likeness (QED) is 0.136. The SMILES string of the molecule is CC1(C)c2ccccc2-c2ccc(-c3cccc(-c4ccc5c(c4)-c4ccc(-c6cccc(-c7ccc8c(c7)C(C)(C)c7ccccc7-8)c6)c6cccc-5c46)c3)cc21.c1cc(-c2ccc3c4c(cccc24)-c2ccccc2-3)cc(-n2c3ccccc3c3ccccc32)c1.c1ccc2c(c1)-c1cccc3c(-c4cc(-c5ccc6ccccc6c5)cc(-c5ccc6ccccc6c5)c4)ccc-2c13. The minimum absolute atomic E-state index is 0.0224. The normalized spacial score (nSPS) is 13.0. The molecule has 5 aliphatic carbocycles. The van der Waals surface area contributed by atoms with Gasteiger partial charge in [0.2, 0.25) is 0 Å². The van der Waals surface area contributed by atoms with Gasteiger partial charge in [-0.3, -0.25) is 0 Å². The van der Waals surface area contributed by atoms with Gasteiger partial charge in [-0.05, 0) is 339 Å². The van der Waals surface area contributed by atoms with Crippen LogP contribution in [-0.4, -0.2) is 4.57 Å². The lowest BCUT2D eigenvalue weighted by Gasteiger charge is -2.22. The first kappa shape index (κ1) is 78.0. The average Bonchev–Trinajstić information content (AvgIpc) is 1.60. The zero-order valence-electron chi connectivity index (χ0n) is 75.4. The molecular formula is C134H89N. The molecule has 1 heteroatoms. The Morgan fingerprint density at radius 1 is 0.141 bits per heavy atom. The van der Waals surface area contributed by atoms with E-state index in [-0.39, 0.29) is 10.8 Å². The summed E-state index contributed by atoms with van der Waals surface area (Å²) in [7, 11) is 0. The predicted molar refractivity (Wildman–Crippen MR) is 573 cm³/mol. The molecule has 0 aliphatic heterocycles. The molecule has 0 atom stereocenters. The minimum Gasteiger partial charge on any atom is -0.309 e. The number of rotatable bonds is 9. The van der Waals surface area contributed by atoms with Gasteiger partial charge in [-0.2, -0.15) is 0 Å². The van der Waals surface area contributed by atoms with Gasteiger partial charge < -0.3 is 4.57 Å². The van der Waals surface area contributed by atoms with Crippen LogP contribution in [0.3, 0.4) is 0 Å². The molecule has 1 heterocycles. The molecule has 0 saturated heterocycles. The Morgan fingerprint density at radius 3 is 0.889 bits per heavy atom. The lowest BCUT2D eigenvalue weighted by atomic mass is 9.81. The second-order valence-corrected chi connectivity index (χ2v) is 38.4. The molecule has 0 unspecified atom stereocenters. The summed E-state index contributed by atoms with van der Waals surface area (Å²) in [5, 5.41) is 15.6. The Kier molecular flexibility index (Phi) is 17.6. The second-order valence-electron chi connectivity index (χ2n) is 38.4. The van der Waals surface area contributed by atoms with E-state index in [1.54, 1.807) is 0 Å². The molecule has 0 saturated carbocycles. The van der Waals surface area contributed by atoms with Gasteiger partial charge in [0.1, 0.15) is 0 Å². The summed E-state index contributed by atoms with van der Waals surface area (Å²) in [4.78, 5) is 0. The van der Waals surface area contributed by atoms with Crippen molar-refractivity contribution in [3.8, 4) is 184 Å². The van der Waals surface area contributed by atoms with E-state index in [9.17, 15) is 0 Å². The van der Waals surface area contributed by atoms with Crippen LogP contribution >= 0.6 is 0 Å². The van der Waals surface area contributed by atoms with E-state index >= 15 is 0 Å². The van der Waals surface area contributed by atoms with Gasteiger partial charge in [0.15, 0.2) is 0 Å². The zero-order chi connectivity index (χ0) is 89.5. The Hall–Kier alpha value is -16.8. The molecular weight excluding hydrogens is 1620 g/mol. The smallest absolute Gasteiger partial charge is 0.0541 e. The van der Waals surface area contributed by atoms with Crippen molar-refractivity contribution in [2.24, 2.45) is 0 Å². The third-order valence-electron chi connectivity index (χ3n) is 30.3. The van der Waals surface area contributed by atoms with Crippen molar-refractivity contribution >= 4 is 75.7 Å². The van der Waals surface area contributed by atoms with Gasteiger partial charge in [-0.25, -0.2) is 0 Å². The van der Waals surface area contributed by atoms with Gasteiger partial charge in [0, 0.05) is 27.3 Å². The largest absolute Gasteiger partial charge is 0.309 e. The maximum Gasteiger partial charge on any atom is 0.0541 e. The Morgan fingerprint density at radius 2 is 0.415 bits per heavy atom. The van der Waals surface area contributed by atoms with E-state index in [0.717, 1.165) is 0 Å². The molecule has 0 N–H and O–H groups in total. The molecule has 0 amide bonds. The van der Waals surface area contributed by atoms with Gasteiger partial charge in [-0.15, -0.1) is 0 Å². The number of nitrogens with zero attached hydrogens (tertiary/aromatic N) is 1. The number of fused-ring (bicyclic) bond motifs is 20. The first-order valence-electron chi connectivity index (χ1n) is 47.4. The lowest BCUT2D eigenvalue weighted by molar-refractivity contribution is 0.660. The number of hydrogen-bond acceptors (Lipinski definition) is 0. The molecule has 135 heavy (non-hydrogen) atoms. The third-order valence-corrected chi connectivity index (χ3v) is 30.3. The van der Waals surface area contributed by atoms with Crippen LogP contribution in [0.2, 0.25) is 0 Å². The van der Waals surface area contributed by atoms with E-state index in [1.807, 2.05) is 0 Å². The summed E-state index contributed by atoms with van der Waals surface area (Å²) < 4.78 is 2.39. The summed E-state index contributed by atoms with van der Waals surface area (Å²) >= 11 is 0. The van der Waals surface area contributed by atoms with Crippen LogP contribution in [0.1, 0.15) is 49.9 Å². The molecule has 23 aromatic carbocycles. The highest BCUT2D eigenvalue weighted by molar-refractivity contribution is 6.22. The van der Waals surface area contributed by atoms with Crippen LogP contribution in [0.15, 0.2) is 467 Å². The van der Waals surface area contributed by atoms with E-state index in [0.29, 0.717) is 0 Å². The summed E-state index contributed by atoms with van der Waals surface area (Å²) in [5.74, 6) is 0. The average molecular weight is 1710 g/mol. The van der Waals surface area contributed by atoms with Crippen molar-refractivity contribution in [2.45, 2.75) is 38.5 Å². The monoisotopic (exact) mass is 1710 g/mol. The molecule has 0 spiro atoms.